The summed E-state index contributed by atoms with van der Waals surface area (Å²) in [5, 5.41) is 8.87. The topological polar surface area (TPSA) is 91.5 Å². The van der Waals surface area contributed by atoms with E-state index in [1.807, 2.05) is 4.57 Å². The maximum atomic E-state index is 8.53. The first-order valence-electron chi connectivity index (χ1n) is 7.10. The Morgan fingerprint density at radius 1 is 0.957 bits per heavy atom. The minimum Gasteiger partial charge on any atom is -0.394 e. The molecule has 2 aromatic rings. The van der Waals surface area contributed by atoms with Crippen LogP contribution in [0.2, 0.25) is 10.4 Å². The highest BCUT2D eigenvalue weighted by atomic mass is 35.5. The molecule has 2 aromatic heterocycles. The van der Waals surface area contributed by atoms with E-state index in [4.69, 9.17) is 42.5 Å². The zero-order valence-electron chi connectivity index (χ0n) is 12.5. The van der Waals surface area contributed by atoms with Gasteiger partial charge in [0.15, 0.2) is 10.8 Å². The third kappa shape index (κ3) is 5.83. The van der Waals surface area contributed by atoms with Crippen molar-refractivity contribution in [2.24, 2.45) is 0 Å². The van der Waals surface area contributed by atoms with Gasteiger partial charge in [0.1, 0.15) is 5.52 Å². The van der Waals surface area contributed by atoms with Crippen molar-refractivity contribution in [1.29, 1.82) is 0 Å². The molecular weight excluding hydrogens is 347 g/mol. The van der Waals surface area contributed by atoms with Gasteiger partial charge in [-0.15, -0.1) is 0 Å². The van der Waals surface area contributed by atoms with Gasteiger partial charge in [-0.3, -0.25) is 0 Å². The minimum atomic E-state index is 0.0211. The van der Waals surface area contributed by atoms with Crippen molar-refractivity contribution >= 4 is 34.4 Å². The zero-order chi connectivity index (χ0) is 16.5. The molecule has 128 valence electrons. The number of hydrogen-bond donors (Lipinski definition) is 1. The number of aliphatic hydroxyl groups excluding tert-OH is 1. The van der Waals surface area contributed by atoms with Crippen LogP contribution in [0.4, 0.5) is 0 Å². The monoisotopic (exact) mass is 364 g/mol. The van der Waals surface area contributed by atoms with Crippen LogP contribution in [0, 0.1) is 0 Å². The molecule has 0 aliphatic rings. The molecule has 2 rings (SSSR count). The van der Waals surface area contributed by atoms with Crippen molar-refractivity contribution in [3.8, 4) is 0 Å². The van der Waals surface area contributed by atoms with Gasteiger partial charge in [0.05, 0.1) is 52.6 Å². The number of aliphatic hydroxyl groups is 1. The number of aromatic nitrogens is 4. The van der Waals surface area contributed by atoms with Crippen LogP contribution in [0.25, 0.3) is 11.2 Å². The van der Waals surface area contributed by atoms with E-state index in [0.29, 0.717) is 57.3 Å². The molecule has 0 saturated carbocycles. The van der Waals surface area contributed by atoms with Crippen molar-refractivity contribution in [2.45, 2.75) is 6.54 Å². The fourth-order valence-electron chi connectivity index (χ4n) is 1.85. The molecule has 0 aromatic carbocycles. The van der Waals surface area contributed by atoms with Crippen LogP contribution in [0.15, 0.2) is 6.33 Å². The Morgan fingerprint density at radius 3 is 2.30 bits per heavy atom. The number of rotatable bonds is 11. The quantitative estimate of drug-likeness (QED) is 0.363. The van der Waals surface area contributed by atoms with E-state index in [-0.39, 0.29) is 17.0 Å². The molecule has 0 saturated heterocycles. The van der Waals surface area contributed by atoms with Gasteiger partial charge in [0, 0.05) is 6.54 Å². The second-order valence-corrected chi connectivity index (χ2v) is 5.15. The van der Waals surface area contributed by atoms with Crippen LogP contribution in [-0.2, 0) is 20.8 Å². The van der Waals surface area contributed by atoms with Gasteiger partial charge in [0.2, 0.25) is 5.28 Å². The standard InChI is InChI=1S/C13H18Cl2N4O4/c14-11-10-12(18-13(15)17-11)16-9-19(10)1-3-21-5-7-23-8-6-22-4-2-20/h9,20H,1-8H2. The number of nitrogens with zero attached hydrogens (tertiary/aromatic N) is 4. The fraction of sp³-hybridized carbons (Fsp3) is 0.615. The molecule has 0 radical (unpaired) electrons. The Kier molecular flexibility index (Phi) is 7.93. The molecule has 1 N–H and O–H groups in total. The van der Waals surface area contributed by atoms with Crippen LogP contribution in [0.3, 0.4) is 0 Å². The van der Waals surface area contributed by atoms with E-state index in [0.717, 1.165) is 0 Å². The summed E-state index contributed by atoms with van der Waals surface area (Å²) in [6.45, 7) is 3.29. The largest absolute Gasteiger partial charge is 0.394 e. The Labute approximate surface area is 143 Å². The Balaban J connectivity index is 1.64. The summed E-state index contributed by atoms with van der Waals surface area (Å²) in [5.41, 5.74) is 1.10. The lowest BCUT2D eigenvalue weighted by molar-refractivity contribution is 0.00673. The molecular formula is C13H18Cl2N4O4. The average molecular weight is 365 g/mol. The lowest BCUT2D eigenvalue weighted by Crippen LogP contribution is -2.12. The van der Waals surface area contributed by atoms with Gasteiger partial charge in [-0.25, -0.2) is 9.97 Å². The highest BCUT2D eigenvalue weighted by Crippen LogP contribution is 2.21. The van der Waals surface area contributed by atoms with E-state index in [1.165, 1.54) is 0 Å². The Bertz CT molecular complexity index is 611. The summed E-state index contributed by atoms with van der Waals surface area (Å²) in [5.74, 6) is 0. The molecule has 23 heavy (non-hydrogen) atoms. The van der Waals surface area contributed by atoms with Gasteiger partial charge in [-0.05, 0) is 11.6 Å². The predicted octanol–water partition coefficient (Wildman–Crippen LogP) is 1.18. The Hall–Kier alpha value is -1.03. The van der Waals surface area contributed by atoms with E-state index < -0.39 is 0 Å². The van der Waals surface area contributed by atoms with Gasteiger partial charge >= 0.3 is 0 Å². The van der Waals surface area contributed by atoms with E-state index in [2.05, 4.69) is 15.0 Å². The summed E-state index contributed by atoms with van der Waals surface area (Å²) in [6.07, 6.45) is 1.62. The SMILES string of the molecule is OCCOCCOCCOCCn1cnc2nc(Cl)nc(Cl)c21. The predicted molar refractivity (Wildman–Crippen MR) is 84.9 cm³/mol. The minimum absolute atomic E-state index is 0.0211. The first-order chi connectivity index (χ1) is 11.2. The molecule has 0 spiro atoms. The zero-order valence-corrected chi connectivity index (χ0v) is 14.0. The van der Waals surface area contributed by atoms with Crippen molar-refractivity contribution in [2.75, 3.05) is 46.2 Å². The third-order valence-electron chi connectivity index (χ3n) is 2.86. The van der Waals surface area contributed by atoms with Gasteiger partial charge < -0.3 is 23.9 Å². The van der Waals surface area contributed by atoms with Crippen LogP contribution in [-0.4, -0.2) is 70.9 Å². The molecule has 0 aliphatic carbocycles. The van der Waals surface area contributed by atoms with Crippen molar-refractivity contribution in [3.05, 3.63) is 16.8 Å². The molecule has 0 fully saturated rings. The maximum Gasteiger partial charge on any atom is 0.225 e. The van der Waals surface area contributed by atoms with Crippen LogP contribution in [0.5, 0.6) is 0 Å². The number of hydrogen-bond acceptors (Lipinski definition) is 7. The lowest BCUT2D eigenvalue weighted by atomic mass is 10.5. The fourth-order valence-corrected chi connectivity index (χ4v) is 2.33. The molecule has 0 amide bonds. The molecule has 10 heteroatoms. The summed E-state index contributed by atoms with van der Waals surface area (Å²) in [6, 6.07) is 0. The molecule has 0 bridgehead atoms. The summed E-state index contributed by atoms with van der Waals surface area (Å²) in [7, 11) is 0. The maximum absolute atomic E-state index is 8.53. The van der Waals surface area contributed by atoms with Crippen LogP contribution >= 0.6 is 23.2 Å². The Morgan fingerprint density at radius 2 is 1.61 bits per heavy atom. The average Bonchev–Trinajstić information content (AvgIpc) is 2.92. The first-order valence-corrected chi connectivity index (χ1v) is 7.86. The van der Waals surface area contributed by atoms with Crippen LogP contribution < -0.4 is 0 Å². The number of fused-ring (bicyclic) bond motifs is 1. The summed E-state index contributed by atoms with van der Waals surface area (Å²) < 4.78 is 17.7. The second kappa shape index (κ2) is 9.96. The second-order valence-electron chi connectivity index (χ2n) is 4.45. The highest BCUT2D eigenvalue weighted by molar-refractivity contribution is 6.35. The van der Waals surface area contributed by atoms with Gasteiger partial charge in [0.25, 0.3) is 0 Å². The number of ether oxygens (including phenoxy) is 3. The smallest absolute Gasteiger partial charge is 0.225 e. The van der Waals surface area contributed by atoms with E-state index >= 15 is 0 Å². The normalized spacial score (nSPS) is 11.4. The number of halogens is 2. The third-order valence-corrected chi connectivity index (χ3v) is 3.29. The van der Waals surface area contributed by atoms with Crippen molar-refractivity contribution in [1.82, 2.24) is 19.5 Å². The van der Waals surface area contributed by atoms with Gasteiger partial charge in [-0.1, -0.05) is 11.6 Å². The van der Waals surface area contributed by atoms with Crippen LogP contribution in [0.1, 0.15) is 0 Å². The molecule has 0 unspecified atom stereocenters. The lowest BCUT2D eigenvalue weighted by Gasteiger charge is -2.07. The molecule has 0 atom stereocenters. The summed E-state index contributed by atoms with van der Waals surface area (Å²) in [4.78, 5) is 12.0. The first kappa shape index (κ1) is 18.3. The highest BCUT2D eigenvalue weighted by Gasteiger charge is 2.11. The van der Waals surface area contributed by atoms with Crippen molar-refractivity contribution in [3.63, 3.8) is 0 Å². The van der Waals surface area contributed by atoms with E-state index in [9.17, 15) is 0 Å². The van der Waals surface area contributed by atoms with Gasteiger partial charge in [-0.2, -0.15) is 4.98 Å². The molecule has 8 nitrogen and oxygen atoms in total. The van der Waals surface area contributed by atoms with E-state index in [1.54, 1.807) is 6.33 Å². The summed E-state index contributed by atoms with van der Waals surface area (Å²) >= 11 is 11.8. The molecule has 0 aliphatic heterocycles. The molecule has 2 heterocycles. The van der Waals surface area contributed by atoms with Crippen molar-refractivity contribution < 1.29 is 19.3 Å². The number of imidazole rings is 1.